The molecule has 7 heteroatoms. The van der Waals surface area contributed by atoms with E-state index in [2.05, 4.69) is 15.5 Å². The van der Waals surface area contributed by atoms with Crippen LogP contribution in [0.1, 0.15) is 26.7 Å². The first-order chi connectivity index (χ1) is 8.28. The topological polar surface area (TPSA) is 92.2 Å². The number of hydrogen-bond donors (Lipinski definition) is 2. The molecule has 6 nitrogen and oxygen atoms in total. The number of carboxylic acids is 1. The Labute approximate surface area is 109 Å². The highest BCUT2D eigenvalue weighted by Gasteiger charge is 2.25. The summed E-state index contributed by atoms with van der Waals surface area (Å²) in [4.78, 5) is 22.3. The minimum absolute atomic E-state index is 0.0767. The van der Waals surface area contributed by atoms with Crippen molar-refractivity contribution in [1.82, 2.24) is 10.2 Å². The van der Waals surface area contributed by atoms with Gasteiger partial charge in [0.05, 0.1) is 6.42 Å². The zero-order valence-electron chi connectivity index (χ0n) is 10.1. The summed E-state index contributed by atoms with van der Waals surface area (Å²) >= 11 is 5.56. The zero-order valence-corrected chi connectivity index (χ0v) is 10.9. The van der Waals surface area contributed by atoms with Crippen LogP contribution in [0.3, 0.4) is 0 Å². The van der Waals surface area contributed by atoms with Crippen LogP contribution in [0.5, 0.6) is 0 Å². The van der Waals surface area contributed by atoms with Gasteiger partial charge in [-0.15, -0.1) is 10.2 Å². The fourth-order valence-corrected chi connectivity index (χ4v) is 1.58. The van der Waals surface area contributed by atoms with Crippen molar-refractivity contribution < 1.29 is 14.7 Å². The predicted molar refractivity (Wildman–Crippen MR) is 66.3 cm³/mol. The van der Waals surface area contributed by atoms with E-state index in [0.29, 0.717) is 0 Å². The van der Waals surface area contributed by atoms with E-state index < -0.39 is 11.4 Å². The van der Waals surface area contributed by atoms with Crippen LogP contribution in [0.15, 0.2) is 12.1 Å². The van der Waals surface area contributed by atoms with Gasteiger partial charge in [0.15, 0.2) is 11.0 Å². The minimum atomic E-state index is -0.931. The van der Waals surface area contributed by atoms with Gasteiger partial charge >= 0.3 is 5.97 Å². The first kappa shape index (κ1) is 14.4. The van der Waals surface area contributed by atoms with Crippen LogP contribution < -0.4 is 5.32 Å². The van der Waals surface area contributed by atoms with E-state index in [1.54, 1.807) is 13.8 Å². The van der Waals surface area contributed by atoms with E-state index in [1.807, 2.05) is 0 Å². The first-order valence-corrected chi connectivity index (χ1v) is 5.67. The fraction of sp³-hybridized carbons (Fsp3) is 0.455. The Kier molecular flexibility index (Phi) is 4.61. The number of hydrogen-bond acceptors (Lipinski definition) is 4. The van der Waals surface area contributed by atoms with Gasteiger partial charge in [-0.2, -0.15) is 0 Å². The summed E-state index contributed by atoms with van der Waals surface area (Å²) in [5.74, 6) is -0.951. The van der Waals surface area contributed by atoms with Crippen LogP contribution in [-0.2, 0) is 9.59 Å². The van der Waals surface area contributed by atoms with Gasteiger partial charge in [-0.05, 0) is 17.5 Å². The van der Waals surface area contributed by atoms with E-state index in [1.165, 1.54) is 12.1 Å². The molecule has 0 bridgehead atoms. The maximum absolute atomic E-state index is 11.7. The lowest BCUT2D eigenvalue weighted by atomic mass is 9.85. The molecular weight excluding hydrogens is 258 g/mol. The highest BCUT2D eigenvalue weighted by atomic mass is 35.5. The molecule has 2 N–H and O–H groups in total. The molecule has 0 aliphatic rings. The number of aliphatic carboxylic acids is 1. The molecule has 0 fully saturated rings. The van der Waals surface area contributed by atoms with Gasteiger partial charge in [0, 0.05) is 6.42 Å². The van der Waals surface area contributed by atoms with Crippen molar-refractivity contribution in [1.29, 1.82) is 0 Å². The summed E-state index contributed by atoms with van der Waals surface area (Å²) in [5, 5.41) is 18.7. The Morgan fingerprint density at radius 2 is 2.00 bits per heavy atom. The molecule has 0 aliphatic heterocycles. The quantitative estimate of drug-likeness (QED) is 0.854. The lowest BCUT2D eigenvalue weighted by Gasteiger charge is -2.21. The Balaban J connectivity index is 2.56. The van der Waals surface area contributed by atoms with Gasteiger partial charge in [-0.25, -0.2) is 0 Å². The maximum Gasteiger partial charge on any atom is 0.303 e. The molecule has 1 heterocycles. The minimum Gasteiger partial charge on any atom is -0.481 e. The summed E-state index contributed by atoms with van der Waals surface area (Å²) in [7, 11) is 0. The molecule has 1 rings (SSSR count). The molecule has 1 amide bonds. The summed E-state index contributed by atoms with van der Waals surface area (Å²) in [6.45, 7) is 3.43. The molecule has 18 heavy (non-hydrogen) atoms. The van der Waals surface area contributed by atoms with Gasteiger partial charge in [-0.3, -0.25) is 9.59 Å². The normalized spacial score (nSPS) is 11.1. The van der Waals surface area contributed by atoms with Gasteiger partial charge in [0.2, 0.25) is 5.91 Å². The van der Waals surface area contributed by atoms with E-state index in [0.717, 1.165) is 0 Å². The van der Waals surface area contributed by atoms with Gasteiger partial charge < -0.3 is 10.4 Å². The smallest absolute Gasteiger partial charge is 0.303 e. The Morgan fingerprint density at radius 3 is 2.50 bits per heavy atom. The van der Waals surface area contributed by atoms with Crippen LogP contribution in [-0.4, -0.2) is 27.2 Å². The first-order valence-electron chi connectivity index (χ1n) is 5.29. The zero-order chi connectivity index (χ0) is 13.8. The second-order valence-corrected chi connectivity index (χ2v) is 5.09. The predicted octanol–water partition coefficient (Wildman–Crippen LogP) is 1.96. The Hall–Kier alpha value is -1.69. The average Bonchev–Trinajstić information content (AvgIpc) is 2.18. The van der Waals surface area contributed by atoms with Gasteiger partial charge in [0.25, 0.3) is 0 Å². The van der Waals surface area contributed by atoms with Gasteiger partial charge in [-0.1, -0.05) is 25.4 Å². The number of rotatable bonds is 5. The van der Waals surface area contributed by atoms with Gasteiger partial charge in [0.1, 0.15) is 0 Å². The third-order valence-corrected chi connectivity index (χ3v) is 2.37. The summed E-state index contributed by atoms with van der Waals surface area (Å²) in [6, 6.07) is 3.03. The third-order valence-electron chi connectivity index (χ3n) is 2.17. The number of halogens is 1. The van der Waals surface area contributed by atoms with Crippen molar-refractivity contribution in [3.8, 4) is 0 Å². The maximum atomic E-state index is 11.7. The molecule has 0 atom stereocenters. The molecule has 0 radical (unpaired) electrons. The molecule has 98 valence electrons. The molecule has 1 aromatic heterocycles. The van der Waals surface area contributed by atoms with E-state index >= 15 is 0 Å². The number of carbonyl (C=O) groups excluding carboxylic acids is 1. The van der Waals surface area contributed by atoms with E-state index in [9.17, 15) is 9.59 Å². The van der Waals surface area contributed by atoms with Crippen LogP contribution in [0.2, 0.25) is 5.15 Å². The molecule has 0 aromatic carbocycles. The SMILES string of the molecule is CC(C)(CC(=O)O)CC(=O)Nc1ccc(Cl)nn1. The average molecular weight is 272 g/mol. The highest BCUT2D eigenvalue weighted by Crippen LogP contribution is 2.25. The third kappa shape index (κ3) is 5.09. The van der Waals surface area contributed by atoms with Crippen LogP contribution in [0.4, 0.5) is 5.82 Å². The number of nitrogens with zero attached hydrogens (tertiary/aromatic N) is 2. The van der Waals surface area contributed by atoms with E-state index in [-0.39, 0.29) is 29.7 Å². The number of anilines is 1. The summed E-state index contributed by atoms with van der Waals surface area (Å²) < 4.78 is 0. The van der Waals surface area contributed by atoms with E-state index in [4.69, 9.17) is 16.7 Å². The molecular formula is C11H14ClN3O3. The monoisotopic (exact) mass is 271 g/mol. The lowest BCUT2D eigenvalue weighted by Crippen LogP contribution is -2.25. The van der Waals surface area contributed by atoms with Crippen molar-refractivity contribution in [3.63, 3.8) is 0 Å². The molecule has 0 aliphatic carbocycles. The van der Waals surface area contributed by atoms with Crippen molar-refractivity contribution in [3.05, 3.63) is 17.3 Å². The Morgan fingerprint density at radius 1 is 1.33 bits per heavy atom. The standard InChI is InChI=1S/C11H14ClN3O3/c1-11(2,6-10(17)18)5-9(16)13-8-4-3-7(12)14-15-8/h3-4H,5-6H2,1-2H3,(H,17,18)(H,13,15,16). The fourth-order valence-electron chi connectivity index (χ4n) is 1.48. The second kappa shape index (κ2) is 5.77. The van der Waals surface area contributed by atoms with Crippen molar-refractivity contribution in [2.45, 2.75) is 26.7 Å². The molecule has 0 saturated heterocycles. The van der Waals surface area contributed by atoms with Crippen LogP contribution in [0.25, 0.3) is 0 Å². The summed E-state index contributed by atoms with van der Waals surface area (Å²) in [6.07, 6.45) is 0.0102. The highest BCUT2D eigenvalue weighted by molar-refractivity contribution is 6.29. The molecule has 0 unspecified atom stereocenters. The molecule has 0 spiro atoms. The number of aromatic nitrogens is 2. The van der Waals surface area contributed by atoms with Crippen LogP contribution >= 0.6 is 11.6 Å². The molecule has 1 aromatic rings. The van der Waals surface area contributed by atoms with Crippen molar-refractivity contribution in [2.24, 2.45) is 5.41 Å². The lowest BCUT2D eigenvalue weighted by molar-refractivity contribution is -0.139. The summed E-state index contributed by atoms with van der Waals surface area (Å²) in [5.41, 5.74) is -0.615. The number of carbonyl (C=O) groups is 2. The molecule has 0 saturated carbocycles. The number of amides is 1. The van der Waals surface area contributed by atoms with Crippen molar-refractivity contribution >= 4 is 29.3 Å². The Bertz CT molecular complexity index is 445. The van der Waals surface area contributed by atoms with Crippen molar-refractivity contribution in [2.75, 3.05) is 5.32 Å². The number of nitrogens with one attached hydrogen (secondary N) is 1. The number of carboxylic acid groups (broad SMARTS) is 1. The largest absolute Gasteiger partial charge is 0.481 e. The van der Waals surface area contributed by atoms with Crippen LogP contribution in [0, 0.1) is 5.41 Å². The second-order valence-electron chi connectivity index (χ2n) is 4.70.